The van der Waals surface area contributed by atoms with Crippen molar-refractivity contribution in [3.05, 3.63) is 64.7 Å². The van der Waals surface area contributed by atoms with Crippen molar-refractivity contribution < 1.29 is 19.1 Å². The second-order valence-electron chi connectivity index (χ2n) is 9.93. The van der Waals surface area contributed by atoms with Gasteiger partial charge in [0.15, 0.2) is 0 Å². The fourth-order valence-electron chi connectivity index (χ4n) is 3.83. The van der Waals surface area contributed by atoms with Crippen LogP contribution in [0.2, 0.25) is 0 Å². The highest BCUT2D eigenvalue weighted by Crippen LogP contribution is 2.28. The lowest BCUT2D eigenvalue weighted by atomic mass is 9.95. The summed E-state index contributed by atoms with van der Waals surface area (Å²) in [4.78, 5) is 41.4. The molecule has 0 aliphatic heterocycles. The van der Waals surface area contributed by atoms with E-state index < -0.39 is 23.8 Å². The van der Waals surface area contributed by atoms with Crippen LogP contribution in [0.5, 0.6) is 0 Å². The number of ether oxygens (including phenoxy) is 1. The molecule has 0 aromatic heterocycles. The molecule has 0 bridgehead atoms. The topological polar surface area (TPSA) is 87.7 Å². The molecule has 196 valence electrons. The fourth-order valence-corrected chi connectivity index (χ4v) is 4.30. The van der Waals surface area contributed by atoms with Gasteiger partial charge in [0.05, 0.1) is 0 Å². The molecule has 0 heterocycles. The van der Waals surface area contributed by atoms with Crippen molar-refractivity contribution in [3.8, 4) is 0 Å². The third-order valence-corrected chi connectivity index (χ3v) is 6.57. The number of hydrogen-bond donors (Lipinski definition) is 2. The van der Waals surface area contributed by atoms with Crippen molar-refractivity contribution in [1.29, 1.82) is 0 Å². The number of carbonyl (C=O) groups is 3. The second-order valence-corrected chi connectivity index (χ2v) is 10.9. The van der Waals surface area contributed by atoms with E-state index in [9.17, 15) is 14.4 Å². The zero-order valence-corrected chi connectivity index (χ0v) is 23.4. The van der Waals surface area contributed by atoms with E-state index in [1.54, 1.807) is 39.6 Å². The molecule has 2 rings (SSSR count). The number of thioether (sulfide) groups is 1. The SMILES string of the molecule is CSCCC(NC(=O)OC(C)(C)C)C(=O)N(C)C(C(=O)Nc1ccccc1C)c1cccc(C)c1C. The maximum absolute atomic E-state index is 13.8. The van der Waals surface area contributed by atoms with E-state index in [-0.39, 0.29) is 11.8 Å². The Morgan fingerprint density at radius 1 is 1.00 bits per heavy atom. The molecule has 2 atom stereocenters. The molecule has 7 nitrogen and oxygen atoms in total. The van der Waals surface area contributed by atoms with E-state index in [4.69, 9.17) is 4.74 Å². The Balaban J connectivity index is 2.43. The van der Waals surface area contributed by atoms with Crippen LogP contribution in [-0.4, -0.2) is 53.5 Å². The Morgan fingerprint density at radius 2 is 1.64 bits per heavy atom. The Labute approximate surface area is 219 Å². The van der Waals surface area contributed by atoms with Gasteiger partial charge in [-0.3, -0.25) is 9.59 Å². The highest BCUT2D eigenvalue weighted by molar-refractivity contribution is 7.98. The Hall–Kier alpha value is -3.00. The van der Waals surface area contributed by atoms with E-state index >= 15 is 0 Å². The number of para-hydroxylation sites is 1. The normalized spacial score (nSPS) is 12.9. The molecule has 36 heavy (non-hydrogen) atoms. The number of aryl methyl sites for hydroxylation is 2. The van der Waals surface area contributed by atoms with Crippen molar-refractivity contribution >= 4 is 35.4 Å². The summed E-state index contributed by atoms with van der Waals surface area (Å²) in [6.07, 6.45) is 1.68. The first-order chi connectivity index (χ1) is 16.9. The van der Waals surface area contributed by atoms with E-state index in [2.05, 4.69) is 10.6 Å². The molecule has 0 aliphatic carbocycles. The maximum Gasteiger partial charge on any atom is 0.408 e. The number of likely N-dealkylation sites (N-methyl/N-ethyl adjacent to an activating group) is 1. The Morgan fingerprint density at radius 3 is 2.25 bits per heavy atom. The molecular weight excluding hydrogens is 474 g/mol. The smallest absolute Gasteiger partial charge is 0.408 e. The zero-order valence-electron chi connectivity index (χ0n) is 22.6. The van der Waals surface area contributed by atoms with Gasteiger partial charge in [0.25, 0.3) is 5.91 Å². The van der Waals surface area contributed by atoms with Crippen LogP contribution < -0.4 is 10.6 Å². The van der Waals surface area contributed by atoms with Crippen molar-refractivity contribution in [3.63, 3.8) is 0 Å². The van der Waals surface area contributed by atoms with Gasteiger partial charge in [0.1, 0.15) is 17.7 Å². The van der Waals surface area contributed by atoms with Gasteiger partial charge in [0, 0.05) is 12.7 Å². The molecule has 2 unspecified atom stereocenters. The maximum atomic E-state index is 13.8. The third-order valence-electron chi connectivity index (χ3n) is 5.93. The van der Waals surface area contributed by atoms with E-state index in [0.29, 0.717) is 17.9 Å². The summed E-state index contributed by atoms with van der Waals surface area (Å²) in [5.41, 5.74) is 3.60. The lowest BCUT2D eigenvalue weighted by molar-refractivity contribution is -0.139. The van der Waals surface area contributed by atoms with Crippen molar-refractivity contribution in [2.45, 2.75) is 65.6 Å². The largest absolute Gasteiger partial charge is 0.444 e. The summed E-state index contributed by atoms with van der Waals surface area (Å²) < 4.78 is 5.39. The molecule has 0 saturated heterocycles. The van der Waals surface area contributed by atoms with Crippen LogP contribution in [-0.2, 0) is 14.3 Å². The number of carbonyl (C=O) groups excluding carboxylic acids is 3. The summed E-state index contributed by atoms with van der Waals surface area (Å²) in [6.45, 7) is 11.1. The quantitative estimate of drug-likeness (QED) is 0.469. The molecule has 8 heteroatoms. The van der Waals surface area contributed by atoms with Gasteiger partial charge < -0.3 is 20.3 Å². The predicted octanol–water partition coefficient (Wildman–Crippen LogP) is 5.40. The van der Waals surface area contributed by atoms with Gasteiger partial charge in [-0.25, -0.2) is 4.79 Å². The minimum absolute atomic E-state index is 0.324. The lowest BCUT2D eigenvalue weighted by Crippen LogP contribution is -2.51. The second kappa shape index (κ2) is 12.8. The summed E-state index contributed by atoms with van der Waals surface area (Å²) in [5.74, 6) is -0.0284. The average molecular weight is 514 g/mol. The number of anilines is 1. The van der Waals surface area contributed by atoms with Crippen LogP contribution in [0.3, 0.4) is 0 Å². The average Bonchev–Trinajstić information content (AvgIpc) is 2.79. The van der Waals surface area contributed by atoms with Crippen LogP contribution in [0, 0.1) is 20.8 Å². The first-order valence-electron chi connectivity index (χ1n) is 12.0. The minimum Gasteiger partial charge on any atom is -0.444 e. The van der Waals surface area contributed by atoms with Crippen molar-refractivity contribution in [1.82, 2.24) is 10.2 Å². The molecule has 2 aromatic rings. The summed E-state index contributed by atoms with van der Waals surface area (Å²) in [5, 5.41) is 5.72. The number of benzene rings is 2. The summed E-state index contributed by atoms with van der Waals surface area (Å²) >= 11 is 1.58. The Kier molecular flexibility index (Phi) is 10.4. The first-order valence-corrected chi connectivity index (χ1v) is 13.4. The molecule has 0 radical (unpaired) electrons. The Bertz CT molecular complexity index is 1080. The van der Waals surface area contributed by atoms with Crippen LogP contribution in [0.15, 0.2) is 42.5 Å². The summed E-state index contributed by atoms with van der Waals surface area (Å²) in [6, 6.07) is 11.5. The van der Waals surface area contributed by atoms with Crippen molar-refractivity contribution in [2.75, 3.05) is 24.4 Å². The number of nitrogens with one attached hydrogen (secondary N) is 2. The molecule has 2 N–H and O–H groups in total. The van der Waals surface area contributed by atoms with Gasteiger partial charge in [-0.15, -0.1) is 0 Å². The van der Waals surface area contributed by atoms with Crippen LogP contribution in [0.1, 0.15) is 55.5 Å². The van der Waals surface area contributed by atoms with Gasteiger partial charge in [0.2, 0.25) is 5.91 Å². The van der Waals surface area contributed by atoms with E-state index in [1.165, 1.54) is 4.90 Å². The molecule has 0 aliphatic rings. The van der Waals surface area contributed by atoms with E-state index in [1.807, 2.05) is 69.5 Å². The van der Waals surface area contributed by atoms with Crippen LogP contribution >= 0.6 is 11.8 Å². The minimum atomic E-state index is -0.894. The van der Waals surface area contributed by atoms with Gasteiger partial charge >= 0.3 is 6.09 Å². The van der Waals surface area contributed by atoms with Crippen LogP contribution in [0.25, 0.3) is 0 Å². The number of alkyl carbamates (subject to hydrolysis) is 1. The molecule has 2 aromatic carbocycles. The molecule has 0 saturated carbocycles. The van der Waals surface area contributed by atoms with Gasteiger partial charge in [-0.1, -0.05) is 36.4 Å². The first kappa shape index (κ1) is 29.2. The zero-order chi connectivity index (χ0) is 27.0. The summed E-state index contributed by atoms with van der Waals surface area (Å²) in [7, 11) is 1.61. The lowest BCUT2D eigenvalue weighted by Gasteiger charge is -2.32. The van der Waals surface area contributed by atoms with Gasteiger partial charge in [-0.2, -0.15) is 11.8 Å². The van der Waals surface area contributed by atoms with Crippen LogP contribution in [0.4, 0.5) is 10.5 Å². The number of amides is 3. The standard InChI is InChI=1S/C28H39N3O4S/c1-18-13-11-14-21(20(18)3)24(25(32)29-22-15-10-9-12-19(22)2)31(7)26(33)23(16-17-36-8)30-27(34)35-28(4,5)6/h9-15,23-24H,16-17H2,1-8H3,(H,29,32)(H,30,34). The number of nitrogens with zero attached hydrogens (tertiary/aromatic N) is 1. The highest BCUT2D eigenvalue weighted by Gasteiger charge is 2.35. The third kappa shape index (κ3) is 8.01. The number of rotatable bonds is 9. The fraction of sp³-hybridized carbons (Fsp3) is 0.464. The molecule has 0 fully saturated rings. The molecular formula is C28H39N3O4S. The van der Waals surface area contributed by atoms with E-state index in [0.717, 1.165) is 22.3 Å². The number of hydrogen-bond acceptors (Lipinski definition) is 5. The monoisotopic (exact) mass is 513 g/mol. The highest BCUT2D eigenvalue weighted by atomic mass is 32.2. The molecule has 3 amide bonds. The van der Waals surface area contributed by atoms with Gasteiger partial charge in [-0.05, 0) is 88.3 Å². The predicted molar refractivity (Wildman–Crippen MR) is 147 cm³/mol. The molecule has 0 spiro atoms. The van der Waals surface area contributed by atoms with Crippen molar-refractivity contribution in [2.24, 2.45) is 0 Å².